The van der Waals surface area contributed by atoms with Crippen LogP contribution in [0.5, 0.6) is 0 Å². The van der Waals surface area contributed by atoms with E-state index in [2.05, 4.69) is 5.32 Å². The van der Waals surface area contributed by atoms with E-state index < -0.39 is 12.0 Å². The van der Waals surface area contributed by atoms with Crippen LogP contribution < -0.4 is 11.1 Å². The molecule has 2 aromatic rings. The van der Waals surface area contributed by atoms with E-state index in [1.807, 2.05) is 13.8 Å². The summed E-state index contributed by atoms with van der Waals surface area (Å²) < 4.78 is 5.07. The molecule has 0 aliphatic rings. The lowest BCUT2D eigenvalue weighted by Gasteiger charge is -2.06. The average molecular weight is 346 g/mol. The fourth-order valence-electron chi connectivity index (χ4n) is 2.15. The molecule has 7 heteroatoms. The Morgan fingerprint density at radius 3 is 2.38 bits per heavy atom. The molecule has 0 aliphatic heterocycles. The van der Waals surface area contributed by atoms with Crippen LogP contribution in [0.4, 0.5) is 4.79 Å². The van der Waals surface area contributed by atoms with Crippen molar-refractivity contribution in [3.63, 3.8) is 0 Å². The Kier molecular flexibility index (Phi) is 5.70. The normalized spacial score (nSPS) is 10.2. The molecule has 24 heavy (non-hydrogen) atoms. The largest absolute Gasteiger partial charge is 0.454 e. The number of hydrogen-bond acceptors (Lipinski definition) is 5. The molecule has 2 rings (SSSR count). The van der Waals surface area contributed by atoms with Gasteiger partial charge < -0.3 is 15.8 Å². The predicted octanol–water partition coefficient (Wildman–Crippen LogP) is 2.57. The number of nitrogens with one attached hydrogen (secondary N) is 1. The van der Waals surface area contributed by atoms with Gasteiger partial charge in [-0.1, -0.05) is 12.1 Å². The molecule has 0 unspecified atom stereocenters. The van der Waals surface area contributed by atoms with E-state index in [-0.39, 0.29) is 18.9 Å². The van der Waals surface area contributed by atoms with Crippen LogP contribution in [0.3, 0.4) is 0 Å². The van der Waals surface area contributed by atoms with Crippen LogP contribution >= 0.6 is 11.3 Å². The second-order valence-electron chi connectivity index (χ2n) is 5.24. The maximum atomic E-state index is 12.1. The standard InChI is InChI=1S/C17H18N2O4S/c1-10-7-14(11(2)24-10)15(20)9-23-16(21)13-5-3-12(4-6-13)8-19-17(18)22/h3-7H,8-9H2,1-2H3,(H3,18,19,22). The number of aryl methyl sites for hydroxylation is 2. The summed E-state index contributed by atoms with van der Waals surface area (Å²) >= 11 is 1.54. The molecule has 0 atom stereocenters. The monoisotopic (exact) mass is 346 g/mol. The molecule has 0 spiro atoms. The van der Waals surface area contributed by atoms with Crippen molar-refractivity contribution in [2.24, 2.45) is 5.73 Å². The number of nitrogens with two attached hydrogens (primary N) is 1. The molecular formula is C17H18N2O4S. The summed E-state index contributed by atoms with van der Waals surface area (Å²) in [5.41, 5.74) is 6.72. The molecule has 2 amide bonds. The molecule has 0 saturated carbocycles. The minimum absolute atomic E-state index is 0.215. The van der Waals surface area contributed by atoms with Gasteiger partial charge in [0.1, 0.15) is 0 Å². The van der Waals surface area contributed by atoms with Crippen LogP contribution in [0.1, 0.15) is 36.0 Å². The topological polar surface area (TPSA) is 98.5 Å². The number of primary amides is 1. The highest BCUT2D eigenvalue weighted by Crippen LogP contribution is 2.21. The number of thiophene rings is 1. The highest BCUT2D eigenvalue weighted by molar-refractivity contribution is 7.12. The number of ketones is 1. The first-order valence-electron chi connectivity index (χ1n) is 7.26. The number of urea groups is 1. The molecule has 126 valence electrons. The Morgan fingerprint density at radius 2 is 1.83 bits per heavy atom. The average Bonchev–Trinajstić information content (AvgIpc) is 2.89. The Hall–Kier alpha value is -2.67. The summed E-state index contributed by atoms with van der Waals surface area (Å²) in [4.78, 5) is 36.7. The van der Waals surface area contributed by atoms with Gasteiger partial charge in [0, 0.05) is 21.9 Å². The van der Waals surface area contributed by atoms with Crippen molar-refractivity contribution < 1.29 is 19.1 Å². The number of carbonyl (C=O) groups excluding carboxylic acids is 3. The molecule has 6 nitrogen and oxygen atoms in total. The summed E-state index contributed by atoms with van der Waals surface area (Å²) in [7, 11) is 0. The first kappa shape index (κ1) is 17.7. The summed E-state index contributed by atoms with van der Waals surface area (Å²) in [5, 5.41) is 2.45. The van der Waals surface area contributed by atoms with Crippen molar-refractivity contribution in [3.05, 3.63) is 56.8 Å². The number of benzene rings is 1. The SMILES string of the molecule is Cc1cc(C(=O)COC(=O)c2ccc(CNC(N)=O)cc2)c(C)s1. The number of esters is 1. The first-order chi connectivity index (χ1) is 11.4. The van der Waals surface area contributed by atoms with E-state index in [1.54, 1.807) is 30.3 Å². The molecule has 0 fully saturated rings. The minimum Gasteiger partial charge on any atom is -0.454 e. The molecule has 1 aromatic carbocycles. The number of rotatable bonds is 6. The number of Topliss-reactive ketones (excluding diaryl/α,β-unsaturated/α-hetero) is 1. The maximum Gasteiger partial charge on any atom is 0.338 e. The van der Waals surface area contributed by atoms with Crippen molar-refractivity contribution in [1.29, 1.82) is 0 Å². The smallest absolute Gasteiger partial charge is 0.338 e. The Bertz CT molecular complexity index is 765. The van der Waals surface area contributed by atoms with Crippen LogP contribution in [0.2, 0.25) is 0 Å². The summed E-state index contributed by atoms with van der Waals surface area (Å²) in [6.45, 7) is 3.78. The van der Waals surface area contributed by atoms with Gasteiger partial charge in [-0.3, -0.25) is 4.79 Å². The van der Waals surface area contributed by atoms with Crippen LogP contribution in [0.15, 0.2) is 30.3 Å². The molecule has 0 saturated heterocycles. The fourth-order valence-corrected chi connectivity index (χ4v) is 3.09. The van der Waals surface area contributed by atoms with Crippen molar-refractivity contribution in [3.8, 4) is 0 Å². The highest BCUT2D eigenvalue weighted by Gasteiger charge is 2.15. The van der Waals surface area contributed by atoms with Gasteiger partial charge in [0.05, 0.1) is 5.56 Å². The predicted molar refractivity (Wildman–Crippen MR) is 91.3 cm³/mol. The third-order valence-electron chi connectivity index (χ3n) is 3.33. The Balaban J connectivity index is 1.91. The third kappa shape index (κ3) is 4.66. The minimum atomic E-state index is -0.615. The van der Waals surface area contributed by atoms with Gasteiger partial charge >= 0.3 is 12.0 Å². The van der Waals surface area contributed by atoms with Gasteiger partial charge in [0.2, 0.25) is 5.78 Å². The summed E-state index contributed by atoms with van der Waals surface area (Å²) in [6.07, 6.45) is 0. The molecule has 0 radical (unpaired) electrons. The fraction of sp³-hybridized carbons (Fsp3) is 0.235. The van der Waals surface area contributed by atoms with E-state index in [9.17, 15) is 14.4 Å². The van der Waals surface area contributed by atoms with Gasteiger partial charge in [-0.15, -0.1) is 11.3 Å². The van der Waals surface area contributed by atoms with Gasteiger partial charge in [0.15, 0.2) is 6.61 Å². The van der Waals surface area contributed by atoms with E-state index in [0.29, 0.717) is 11.1 Å². The molecule has 0 bridgehead atoms. The van der Waals surface area contributed by atoms with Crippen LogP contribution in [0.25, 0.3) is 0 Å². The van der Waals surface area contributed by atoms with Crippen molar-refractivity contribution >= 4 is 29.1 Å². The second-order valence-corrected chi connectivity index (χ2v) is 6.70. The third-order valence-corrected chi connectivity index (χ3v) is 4.30. The quantitative estimate of drug-likeness (QED) is 0.620. The number of hydrogen-bond donors (Lipinski definition) is 2. The van der Waals surface area contributed by atoms with E-state index in [1.165, 1.54) is 11.3 Å². The van der Waals surface area contributed by atoms with Gasteiger partial charge in [-0.25, -0.2) is 9.59 Å². The van der Waals surface area contributed by atoms with Crippen molar-refractivity contribution in [1.82, 2.24) is 5.32 Å². The van der Waals surface area contributed by atoms with Crippen molar-refractivity contribution in [2.45, 2.75) is 20.4 Å². The Labute approximate surface area is 143 Å². The molecule has 0 aliphatic carbocycles. The van der Waals surface area contributed by atoms with E-state index in [0.717, 1.165) is 15.3 Å². The van der Waals surface area contributed by atoms with E-state index in [4.69, 9.17) is 10.5 Å². The Morgan fingerprint density at radius 1 is 1.17 bits per heavy atom. The number of ether oxygens (including phenoxy) is 1. The van der Waals surface area contributed by atoms with E-state index >= 15 is 0 Å². The highest BCUT2D eigenvalue weighted by atomic mass is 32.1. The maximum absolute atomic E-state index is 12.1. The summed E-state index contributed by atoms with van der Waals surface area (Å²) in [5.74, 6) is -0.783. The zero-order valence-electron chi connectivity index (χ0n) is 13.4. The first-order valence-corrected chi connectivity index (χ1v) is 8.08. The number of amides is 2. The zero-order valence-corrected chi connectivity index (χ0v) is 14.2. The second kappa shape index (κ2) is 7.74. The van der Waals surface area contributed by atoms with Gasteiger partial charge in [-0.2, -0.15) is 0 Å². The lowest BCUT2D eigenvalue weighted by atomic mass is 10.1. The number of carbonyl (C=O) groups is 3. The lowest BCUT2D eigenvalue weighted by molar-refractivity contribution is 0.0474. The molecular weight excluding hydrogens is 328 g/mol. The van der Waals surface area contributed by atoms with Crippen molar-refractivity contribution in [2.75, 3.05) is 6.61 Å². The van der Waals surface area contributed by atoms with Crippen LogP contribution in [-0.4, -0.2) is 24.4 Å². The summed E-state index contributed by atoms with van der Waals surface area (Å²) in [6, 6.07) is 7.70. The van der Waals surface area contributed by atoms with Crippen LogP contribution in [0, 0.1) is 13.8 Å². The van der Waals surface area contributed by atoms with Gasteiger partial charge in [0.25, 0.3) is 0 Å². The van der Waals surface area contributed by atoms with Gasteiger partial charge in [-0.05, 0) is 37.6 Å². The molecule has 1 heterocycles. The lowest BCUT2D eigenvalue weighted by Crippen LogP contribution is -2.28. The zero-order chi connectivity index (χ0) is 17.7. The molecule has 1 aromatic heterocycles. The van der Waals surface area contributed by atoms with Crippen LogP contribution in [-0.2, 0) is 11.3 Å². The molecule has 3 N–H and O–H groups in total.